The fraction of sp³-hybridized carbons (Fsp3) is 0.308. The fourth-order valence-corrected chi connectivity index (χ4v) is 4.20. The van der Waals surface area contributed by atoms with Gasteiger partial charge in [-0.3, -0.25) is 4.90 Å². The highest BCUT2D eigenvalue weighted by Crippen LogP contribution is 2.43. The second-order valence-electron chi connectivity index (χ2n) is 7.58. The van der Waals surface area contributed by atoms with E-state index in [0.717, 1.165) is 60.1 Å². The Kier molecular flexibility index (Phi) is 7.07. The van der Waals surface area contributed by atoms with Crippen molar-refractivity contribution >= 4 is 0 Å². The average molecular weight is 419 g/mol. The molecule has 0 aromatic heterocycles. The molecule has 0 radical (unpaired) electrons. The Morgan fingerprint density at radius 2 is 1.39 bits per heavy atom. The molecule has 1 atom stereocenters. The van der Waals surface area contributed by atoms with E-state index in [9.17, 15) is 0 Å². The van der Waals surface area contributed by atoms with Gasteiger partial charge in [0, 0.05) is 31.7 Å². The van der Waals surface area contributed by atoms with Crippen molar-refractivity contribution in [1.82, 2.24) is 10.2 Å². The van der Waals surface area contributed by atoms with Crippen LogP contribution < -0.4 is 19.5 Å². The van der Waals surface area contributed by atoms with Gasteiger partial charge in [-0.1, -0.05) is 54.6 Å². The average Bonchev–Trinajstić information content (AvgIpc) is 2.85. The van der Waals surface area contributed by atoms with Crippen LogP contribution in [0.5, 0.6) is 17.2 Å². The van der Waals surface area contributed by atoms with E-state index < -0.39 is 0 Å². The number of nitrogens with zero attached hydrogens (tertiary/aromatic N) is 1. The van der Waals surface area contributed by atoms with Crippen LogP contribution >= 0.6 is 0 Å². The molecule has 3 aromatic carbocycles. The zero-order valence-electron chi connectivity index (χ0n) is 18.2. The van der Waals surface area contributed by atoms with Crippen LogP contribution in [-0.4, -0.2) is 45.3 Å². The SMILES string of the molecule is COc1cccc(OC)c1C(c1ccccc1OCc1ccccc1)N1CCNCC1. The van der Waals surface area contributed by atoms with Crippen molar-refractivity contribution in [2.45, 2.75) is 12.6 Å². The quantitative estimate of drug-likeness (QED) is 0.592. The summed E-state index contributed by atoms with van der Waals surface area (Å²) in [6.07, 6.45) is 0. The van der Waals surface area contributed by atoms with E-state index in [-0.39, 0.29) is 6.04 Å². The zero-order valence-corrected chi connectivity index (χ0v) is 18.2. The van der Waals surface area contributed by atoms with Crippen LogP contribution in [0.3, 0.4) is 0 Å². The van der Waals surface area contributed by atoms with Crippen LogP contribution in [0.4, 0.5) is 0 Å². The number of rotatable bonds is 8. The van der Waals surface area contributed by atoms with Crippen LogP contribution in [0.25, 0.3) is 0 Å². The van der Waals surface area contributed by atoms with Gasteiger partial charge in [-0.15, -0.1) is 0 Å². The minimum atomic E-state index is -0.0415. The lowest BCUT2D eigenvalue weighted by molar-refractivity contribution is 0.187. The molecule has 3 aromatic rings. The topological polar surface area (TPSA) is 43.0 Å². The summed E-state index contributed by atoms with van der Waals surface area (Å²) in [5.41, 5.74) is 3.29. The Balaban J connectivity index is 1.77. The molecular formula is C26H30N2O3. The van der Waals surface area contributed by atoms with Gasteiger partial charge in [-0.05, 0) is 23.8 Å². The molecule has 0 spiro atoms. The number of nitrogens with one attached hydrogen (secondary N) is 1. The van der Waals surface area contributed by atoms with Crippen molar-refractivity contribution in [2.24, 2.45) is 0 Å². The molecule has 1 fully saturated rings. The third kappa shape index (κ3) is 4.84. The summed E-state index contributed by atoms with van der Waals surface area (Å²) in [7, 11) is 3.43. The standard InChI is InChI=1S/C26H30N2O3/c1-29-23-13-8-14-24(30-2)25(23)26(28-17-15-27-16-18-28)21-11-6-7-12-22(21)31-19-20-9-4-3-5-10-20/h3-14,26-27H,15-19H2,1-2H3. The van der Waals surface area contributed by atoms with E-state index in [1.807, 2.05) is 42.5 Å². The maximum Gasteiger partial charge on any atom is 0.127 e. The molecular weight excluding hydrogens is 388 g/mol. The molecule has 162 valence electrons. The van der Waals surface area contributed by atoms with Crippen molar-refractivity contribution < 1.29 is 14.2 Å². The van der Waals surface area contributed by atoms with Crippen LogP contribution in [-0.2, 0) is 6.61 Å². The van der Waals surface area contributed by atoms with E-state index in [1.165, 1.54) is 0 Å². The Bertz CT molecular complexity index is 949. The first kappa shape index (κ1) is 21.2. The van der Waals surface area contributed by atoms with Crippen molar-refractivity contribution in [3.63, 3.8) is 0 Å². The zero-order chi connectivity index (χ0) is 21.5. The van der Waals surface area contributed by atoms with Crippen molar-refractivity contribution in [2.75, 3.05) is 40.4 Å². The first-order chi connectivity index (χ1) is 15.3. The molecule has 4 rings (SSSR count). The number of hydrogen-bond acceptors (Lipinski definition) is 5. The minimum Gasteiger partial charge on any atom is -0.496 e. The van der Waals surface area contributed by atoms with Gasteiger partial charge in [0.05, 0.1) is 25.8 Å². The molecule has 1 unspecified atom stereocenters. The molecule has 0 aliphatic carbocycles. The predicted molar refractivity (Wildman–Crippen MR) is 123 cm³/mol. The normalized spacial score (nSPS) is 15.3. The molecule has 5 nitrogen and oxygen atoms in total. The van der Waals surface area contributed by atoms with E-state index in [0.29, 0.717) is 6.61 Å². The van der Waals surface area contributed by atoms with Gasteiger partial charge in [0.25, 0.3) is 0 Å². The molecule has 0 saturated carbocycles. The number of hydrogen-bond donors (Lipinski definition) is 1. The third-order valence-electron chi connectivity index (χ3n) is 5.71. The van der Waals surface area contributed by atoms with Crippen molar-refractivity contribution in [3.05, 3.63) is 89.5 Å². The Morgan fingerprint density at radius 3 is 2.06 bits per heavy atom. The highest BCUT2D eigenvalue weighted by atomic mass is 16.5. The summed E-state index contributed by atoms with van der Waals surface area (Å²) in [6, 6.07) is 24.5. The molecule has 1 N–H and O–H groups in total. The fourth-order valence-electron chi connectivity index (χ4n) is 4.20. The number of benzene rings is 3. The van der Waals surface area contributed by atoms with E-state index in [4.69, 9.17) is 14.2 Å². The van der Waals surface area contributed by atoms with Crippen LogP contribution in [0.15, 0.2) is 72.8 Å². The molecule has 1 heterocycles. The van der Waals surface area contributed by atoms with Gasteiger partial charge in [0.1, 0.15) is 23.9 Å². The molecule has 0 bridgehead atoms. The molecule has 5 heteroatoms. The third-order valence-corrected chi connectivity index (χ3v) is 5.71. The number of para-hydroxylation sites is 1. The highest BCUT2D eigenvalue weighted by Gasteiger charge is 2.31. The van der Waals surface area contributed by atoms with E-state index in [1.54, 1.807) is 14.2 Å². The second kappa shape index (κ2) is 10.3. The summed E-state index contributed by atoms with van der Waals surface area (Å²) in [6.45, 7) is 4.27. The lowest BCUT2D eigenvalue weighted by Gasteiger charge is -2.37. The number of methoxy groups -OCH3 is 2. The van der Waals surface area contributed by atoms with Gasteiger partial charge in [-0.25, -0.2) is 0 Å². The summed E-state index contributed by atoms with van der Waals surface area (Å²) >= 11 is 0. The lowest BCUT2D eigenvalue weighted by atomic mass is 9.93. The monoisotopic (exact) mass is 418 g/mol. The first-order valence-electron chi connectivity index (χ1n) is 10.7. The second-order valence-corrected chi connectivity index (χ2v) is 7.58. The number of ether oxygens (including phenoxy) is 3. The Morgan fingerprint density at radius 1 is 0.774 bits per heavy atom. The van der Waals surface area contributed by atoms with Gasteiger partial charge in [0.2, 0.25) is 0 Å². The summed E-state index contributed by atoms with van der Waals surface area (Å²) < 4.78 is 17.9. The van der Waals surface area contributed by atoms with Crippen LogP contribution in [0.1, 0.15) is 22.7 Å². The van der Waals surface area contributed by atoms with Gasteiger partial charge < -0.3 is 19.5 Å². The van der Waals surface area contributed by atoms with Gasteiger partial charge in [-0.2, -0.15) is 0 Å². The predicted octanol–water partition coefficient (Wildman–Crippen LogP) is 4.28. The Labute approximate surface area is 184 Å². The largest absolute Gasteiger partial charge is 0.496 e. The molecule has 1 saturated heterocycles. The maximum absolute atomic E-state index is 6.34. The van der Waals surface area contributed by atoms with Crippen LogP contribution in [0, 0.1) is 0 Å². The van der Waals surface area contributed by atoms with Crippen molar-refractivity contribution in [1.29, 1.82) is 0 Å². The van der Waals surface area contributed by atoms with Gasteiger partial charge >= 0.3 is 0 Å². The Hall–Kier alpha value is -3.02. The highest BCUT2D eigenvalue weighted by molar-refractivity contribution is 5.53. The molecule has 1 aliphatic heterocycles. The summed E-state index contributed by atoms with van der Waals surface area (Å²) in [4.78, 5) is 2.47. The van der Waals surface area contributed by atoms with E-state index in [2.05, 4.69) is 40.5 Å². The summed E-state index contributed by atoms with van der Waals surface area (Å²) in [5.74, 6) is 2.52. The van der Waals surface area contributed by atoms with E-state index >= 15 is 0 Å². The van der Waals surface area contributed by atoms with Crippen LogP contribution in [0.2, 0.25) is 0 Å². The van der Waals surface area contributed by atoms with Gasteiger partial charge in [0.15, 0.2) is 0 Å². The molecule has 31 heavy (non-hydrogen) atoms. The first-order valence-corrected chi connectivity index (χ1v) is 10.7. The summed E-state index contributed by atoms with van der Waals surface area (Å²) in [5, 5.41) is 3.46. The maximum atomic E-state index is 6.34. The smallest absolute Gasteiger partial charge is 0.127 e. The number of piperazine rings is 1. The molecule has 0 amide bonds. The lowest BCUT2D eigenvalue weighted by Crippen LogP contribution is -2.45. The molecule has 1 aliphatic rings. The minimum absolute atomic E-state index is 0.0415. The van der Waals surface area contributed by atoms with Crippen molar-refractivity contribution in [3.8, 4) is 17.2 Å².